The van der Waals surface area contributed by atoms with Crippen LogP contribution in [-0.2, 0) is 0 Å². The molecule has 180 valence electrons. The van der Waals surface area contributed by atoms with Gasteiger partial charge in [-0.25, -0.2) is 4.39 Å². The molecule has 1 aliphatic heterocycles. The number of carbonyl (C=O) groups excluding carboxylic acids is 1. The quantitative estimate of drug-likeness (QED) is 0.591. The number of benzene rings is 1. The fourth-order valence-electron chi connectivity index (χ4n) is 4.54. The van der Waals surface area contributed by atoms with E-state index in [-0.39, 0.29) is 17.7 Å². The Morgan fingerprint density at radius 3 is 2.85 bits per heavy atom. The topological polar surface area (TPSA) is 79.4 Å². The molecule has 0 unspecified atom stereocenters. The number of hydrogen-bond donors (Lipinski definition) is 2. The lowest BCUT2D eigenvalue weighted by Crippen LogP contribution is -2.33. The van der Waals surface area contributed by atoms with Crippen LogP contribution in [0.5, 0.6) is 5.75 Å². The predicted octanol–water partition coefficient (Wildman–Crippen LogP) is 4.07. The van der Waals surface area contributed by atoms with Gasteiger partial charge in [0.2, 0.25) is 0 Å². The summed E-state index contributed by atoms with van der Waals surface area (Å²) < 4.78 is 19.0. The van der Waals surface area contributed by atoms with Crippen molar-refractivity contribution in [3.63, 3.8) is 0 Å². The first-order chi connectivity index (χ1) is 16.3. The van der Waals surface area contributed by atoms with Crippen LogP contribution in [0.15, 0.2) is 30.5 Å². The molecule has 34 heavy (non-hydrogen) atoms. The molecule has 7 nitrogen and oxygen atoms in total. The molecule has 2 aromatic heterocycles. The van der Waals surface area contributed by atoms with Gasteiger partial charge in [-0.1, -0.05) is 6.07 Å². The standard InChI is InChI=1S/C26H32FN5O2/c1-15-8-10-32(11-9-28-15)25-20-12-16(2)30-18(4)24(20)29-14-21(25)26(33)31-17(3)19-6-7-22(27)23(13-19)34-5/h6-7,12-15,17,28H,8-11H2,1-5H3,(H,31,33)/t15-,17-/m0/s1. The number of ether oxygens (including phenoxy) is 1. The molecular weight excluding hydrogens is 433 g/mol. The highest BCUT2D eigenvalue weighted by molar-refractivity contribution is 6.08. The monoisotopic (exact) mass is 465 g/mol. The molecule has 1 aromatic carbocycles. The van der Waals surface area contributed by atoms with E-state index in [1.54, 1.807) is 18.3 Å². The van der Waals surface area contributed by atoms with Gasteiger partial charge in [0.15, 0.2) is 11.6 Å². The number of anilines is 1. The molecule has 0 aliphatic carbocycles. The molecule has 3 heterocycles. The summed E-state index contributed by atoms with van der Waals surface area (Å²) in [4.78, 5) is 25.0. The molecule has 0 saturated carbocycles. The van der Waals surface area contributed by atoms with Gasteiger partial charge in [-0.15, -0.1) is 0 Å². The first kappa shape index (κ1) is 23.9. The number of fused-ring (bicyclic) bond motifs is 1. The average Bonchev–Trinajstić information content (AvgIpc) is 3.02. The maximum atomic E-state index is 13.9. The number of aromatic nitrogens is 2. The van der Waals surface area contributed by atoms with Gasteiger partial charge >= 0.3 is 0 Å². The molecule has 1 amide bonds. The van der Waals surface area contributed by atoms with Crippen molar-refractivity contribution in [1.29, 1.82) is 0 Å². The zero-order valence-corrected chi connectivity index (χ0v) is 20.4. The Morgan fingerprint density at radius 2 is 2.09 bits per heavy atom. The van der Waals surface area contributed by atoms with Gasteiger partial charge in [-0.2, -0.15) is 0 Å². The van der Waals surface area contributed by atoms with Crippen LogP contribution < -0.4 is 20.3 Å². The molecule has 1 aliphatic rings. The van der Waals surface area contributed by atoms with E-state index in [4.69, 9.17) is 4.74 Å². The van der Waals surface area contributed by atoms with Crippen LogP contribution in [-0.4, -0.2) is 48.7 Å². The van der Waals surface area contributed by atoms with E-state index in [0.29, 0.717) is 11.6 Å². The summed E-state index contributed by atoms with van der Waals surface area (Å²) in [6.45, 7) is 10.4. The largest absolute Gasteiger partial charge is 0.494 e. The van der Waals surface area contributed by atoms with Crippen LogP contribution in [0.2, 0.25) is 0 Å². The molecule has 0 bridgehead atoms. The Hall–Kier alpha value is -3.26. The third-order valence-corrected chi connectivity index (χ3v) is 6.42. The SMILES string of the molecule is COc1cc([C@H](C)NC(=O)c2cnc3c(C)nc(C)cc3c2N2CCN[C@@H](C)CC2)ccc1F. The van der Waals surface area contributed by atoms with Crippen molar-refractivity contribution in [2.75, 3.05) is 31.6 Å². The summed E-state index contributed by atoms with van der Waals surface area (Å²) in [5.74, 6) is -0.511. The third kappa shape index (κ3) is 4.82. The summed E-state index contributed by atoms with van der Waals surface area (Å²) in [5.41, 5.74) is 4.70. The lowest BCUT2D eigenvalue weighted by Gasteiger charge is -2.27. The Kier molecular flexibility index (Phi) is 6.97. The zero-order chi connectivity index (χ0) is 24.4. The average molecular weight is 466 g/mol. The Labute approximate surface area is 199 Å². The van der Waals surface area contributed by atoms with Gasteiger partial charge in [0.25, 0.3) is 5.91 Å². The Balaban J connectivity index is 1.74. The van der Waals surface area contributed by atoms with Gasteiger partial charge in [0, 0.05) is 43.0 Å². The van der Waals surface area contributed by atoms with Crippen LogP contribution in [0, 0.1) is 19.7 Å². The van der Waals surface area contributed by atoms with E-state index < -0.39 is 5.82 Å². The second kappa shape index (κ2) is 9.93. The maximum Gasteiger partial charge on any atom is 0.255 e. The zero-order valence-electron chi connectivity index (χ0n) is 20.4. The van der Waals surface area contributed by atoms with E-state index in [9.17, 15) is 9.18 Å². The number of nitrogens with one attached hydrogen (secondary N) is 2. The highest BCUT2D eigenvalue weighted by Gasteiger charge is 2.25. The van der Waals surface area contributed by atoms with Gasteiger partial charge < -0.3 is 20.3 Å². The molecule has 3 aromatic rings. The van der Waals surface area contributed by atoms with Crippen molar-refractivity contribution in [1.82, 2.24) is 20.6 Å². The summed E-state index contributed by atoms with van der Waals surface area (Å²) in [5, 5.41) is 7.52. The number of halogens is 1. The van der Waals surface area contributed by atoms with Crippen molar-refractivity contribution in [2.24, 2.45) is 0 Å². The summed E-state index contributed by atoms with van der Waals surface area (Å²) in [6, 6.07) is 6.69. The third-order valence-electron chi connectivity index (χ3n) is 6.42. The fourth-order valence-corrected chi connectivity index (χ4v) is 4.54. The van der Waals surface area contributed by atoms with E-state index in [1.807, 2.05) is 26.8 Å². The van der Waals surface area contributed by atoms with Crippen molar-refractivity contribution >= 4 is 22.5 Å². The molecule has 2 atom stereocenters. The molecule has 8 heteroatoms. The first-order valence-electron chi connectivity index (χ1n) is 11.7. The highest BCUT2D eigenvalue weighted by atomic mass is 19.1. The Morgan fingerprint density at radius 1 is 1.29 bits per heavy atom. The van der Waals surface area contributed by atoms with E-state index >= 15 is 0 Å². The highest BCUT2D eigenvalue weighted by Crippen LogP contribution is 2.32. The van der Waals surface area contributed by atoms with Crippen LogP contribution in [0.3, 0.4) is 0 Å². The van der Waals surface area contributed by atoms with Gasteiger partial charge in [-0.05, 0) is 57.9 Å². The van der Waals surface area contributed by atoms with Crippen LogP contribution >= 0.6 is 0 Å². The number of rotatable bonds is 5. The minimum Gasteiger partial charge on any atom is -0.494 e. The molecule has 1 saturated heterocycles. The number of hydrogen-bond acceptors (Lipinski definition) is 6. The van der Waals surface area contributed by atoms with Gasteiger partial charge in [0.1, 0.15) is 0 Å². The number of pyridine rings is 2. The van der Waals surface area contributed by atoms with E-state index in [1.165, 1.54) is 13.2 Å². The first-order valence-corrected chi connectivity index (χ1v) is 11.7. The summed E-state index contributed by atoms with van der Waals surface area (Å²) in [7, 11) is 1.42. The smallest absolute Gasteiger partial charge is 0.255 e. The number of methoxy groups -OCH3 is 1. The molecular formula is C26H32FN5O2. The number of amides is 1. The Bertz CT molecular complexity index is 1220. The van der Waals surface area contributed by atoms with Crippen molar-refractivity contribution in [2.45, 2.75) is 46.2 Å². The van der Waals surface area contributed by atoms with Gasteiger partial charge in [0.05, 0.1) is 35.6 Å². The predicted molar refractivity (Wildman–Crippen MR) is 132 cm³/mol. The van der Waals surface area contributed by atoms with Crippen molar-refractivity contribution in [3.8, 4) is 5.75 Å². The molecule has 0 spiro atoms. The molecule has 1 fully saturated rings. The van der Waals surface area contributed by atoms with Crippen LogP contribution in [0.1, 0.15) is 53.6 Å². The number of nitrogens with zero attached hydrogens (tertiary/aromatic N) is 3. The maximum absolute atomic E-state index is 13.9. The fraction of sp³-hybridized carbons (Fsp3) is 0.423. The van der Waals surface area contributed by atoms with Crippen molar-refractivity contribution < 1.29 is 13.9 Å². The van der Waals surface area contributed by atoms with Crippen LogP contribution in [0.4, 0.5) is 10.1 Å². The number of aryl methyl sites for hydroxylation is 2. The molecule has 0 radical (unpaired) electrons. The van der Waals surface area contributed by atoms with Crippen LogP contribution in [0.25, 0.3) is 10.9 Å². The summed E-state index contributed by atoms with van der Waals surface area (Å²) in [6.07, 6.45) is 2.62. The second-order valence-electron chi connectivity index (χ2n) is 8.99. The molecule has 2 N–H and O–H groups in total. The lowest BCUT2D eigenvalue weighted by molar-refractivity contribution is 0.0940. The lowest BCUT2D eigenvalue weighted by atomic mass is 10.0. The molecule has 4 rings (SSSR count). The normalized spacial score (nSPS) is 17.4. The van der Waals surface area contributed by atoms with Gasteiger partial charge in [-0.3, -0.25) is 14.8 Å². The second-order valence-corrected chi connectivity index (χ2v) is 8.99. The summed E-state index contributed by atoms with van der Waals surface area (Å²) >= 11 is 0. The number of carbonyl (C=O) groups is 1. The minimum absolute atomic E-state index is 0.149. The van der Waals surface area contributed by atoms with E-state index in [0.717, 1.165) is 59.6 Å². The van der Waals surface area contributed by atoms with E-state index in [2.05, 4.69) is 32.4 Å². The minimum atomic E-state index is -0.436. The van der Waals surface area contributed by atoms with Crippen molar-refractivity contribution in [3.05, 3.63) is 58.8 Å².